The van der Waals surface area contributed by atoms with Gasteiger partial charge >= 0.3 is 17.9 Å². The zero-order valence-corrected chi connectivity index (χ0v) is 18.4. The average molecular weight is 454 g/mol. The second-order valence-corrected chi connectivity index (χ2v) is 7.07. The minimum atomic E-state index is -0.899. The molecule has 9 heteroatoms. The van der Waals surface area contributed by atoms with Gasteiger partial charge in [-0.2, -0.15) is 0 Å². The van der Waals surface area contributed by atoms with Crippen LogP contribution in [0.3, 0.4) is 0 Å². The summed E-state index contributed by atoms with van der Waals surface area (Å²) in [4.78, 5) is 36.9. The van der Waals surface area contributed by atoms with E-state index in [2.05, 4.69) is 5.32 Å². The van der Waals surface area contributed by atoms with Gasteiger partial charge in [0.05, 0.1) is 34.2 Å². The number of rotatable bonds is 6. The number of allylic oxidation sites excluding steroid dienone is 3. The highest BCUT2D eigenvalue weighted by Crippen LogP contribution is 2.43. The molecule has 7 nitrogen and oxygen atoms in total. The fourth-order valence-electron chi connectivity index (χ4n) is 3.10. The van der Waals surface area contributed by atoms with Crippen LogP contribution in [0.1, 0.15) is 32.3 Å². The maximum absolute atomic E-state index is 12.9. The molecular weight excluding hydrogens is 433 g/mol. The molecule has 0 radical (unpaired) electrons. The third-order valence-corrected chi connectivity index (χ3v) is 5.21. The van der Waals surface area contributed by atoms with E-state index in [1.807, 2.05) is 0 Å². The molecule has 0 aromatic heterocycles. The van der Waals surface area contributed by atoms with Gasteiger partial charge in [-0.05, 0) is 32.4 Å². The summed E-state index contributed by atoms with van der Waals surface area (Å²) in [6.45, 7) is 4.40. The van der Waals surface area contributed by atoms with Gasteiger partial charge in [-0.1, -0.05) is 41.4 Å². The van der Waals surface area contributed by atoms with Gasteiger partial charge in [-0.3, -0.25) is 0 Å². The van der Waals surface area contributed by atoms with Crippen molar-refractivity contribution in [1.29, 1.82) is 0 Å². The Morgan fingerprint density at radius 3 is 2.30 bits per heavy atom. The summed E-state index contributed by atoms with van der Waals surface area (Å²) in [7, 11) is 1.24. The summed E-state index contributed by atoms with van der Waals surface area (Å²) in [5.74, 6) is -2.98. The summed E-state index contributed by atoms with van der Waals surface area (Å²) in [5, 5.41) is 3.45. The quantitative estimate of drug-likeness (QED) is 0.395. The number of carbonyl (C=O) groups is 3. The van der Waals surface area contributed by atoms with Crippen molar-refractivity contribution < 1.29 is 28.6 Å². The van der Waals surface area contributed by atoms with E-state index in [4.69, 9.17) is 37.4 Å². The molecular formula is C21H21Cl2NO6. The van der Waals surface area contributed by atoms with E-state index in [-0.39, 0.29) is 21.2 Å². The highest BCUT2D eigenvalue weighted by atomic mass is 35.5. The summed E-state index contributed by atoms with van der Waals surface area (Å²) < 4.78 is 14.9. The molecule has 1 N–H and O–H groups in total. The van der Waals surface area contributed by atoms with Crippen LogP contribution in [-0.2, 0) is 28.6 Å². The molecule has 30 heavy (non-hydrogen) atoms. The number of hydrogen-bond donors (Lipinski definition) is 1. The molecule has 1 aromatic rings. The molecule has 0 saturated heterocycles. The van der Waals surface area contributed by atoms with E-state index >= 15 is 0 Å². The maximum Gasteiger partial charge on any atom is 0.339 e. The van der Waals surface area contributed by atoms with Crippen LogP contribution < -0.4 is 5.32 Å². The van der Waals surface area contributed by atoms with Crippen molar-refractivity contribution in [2.24, 2.45) is 0 Å². The van der Waals surface area contributed by atoms with Crippen molar-refractivity contribution in [1.82, 2.24) is 5.32 Å². The highest BCUT2D eigenvalue weighted by molar-refractivity contribution is 6.42. The lowest BCUT2D eigenvalue weighted by Gasteiger charge is -2.30. The molecule has 0 spiro atoms. The van der Waals surface area contributed by atoms with Crippen molar-refractivity contribution in [3.05, 3.63) is 68.5 Å². The van der Waals surface area contributed by atoms with Crippen molar-refractivity contribution in [2.45, 2.75) is 26.7 Å². The first-order valence-corrected chi connectivity index (χ1v) is 9.65. The molecule has 0 saturated carbocycles. The number of ether oxygens (including phenoxy) is 3. The summed E-state index contributed by atoms with van der Waals surface area (Å²) in [5.41, 5.74) is 1.68. The second-order valence-electron chi connectivity index (χ2n) is 6.28. The van der Waals surface area contributed by atoms with E-state index in [0.29, 0.717) is 17.0 Å². The monoisotopic (exact) mass is 453 g/mol. The van der Waals surface area contributed by atoms with Gasteiger partial charge in [0, 0.05) is 17.5 Å². The minimum absolute atomic E-state index is 0.118. The lowest BCUT2D eigenvalue weighted by Crippen LogP contribution is -2.32. The van der Waals surface area contributed by atoms with Crippen molar-refractivity contribution >= 4 is 41.1 Å². The average Bonchev–Trinajstić information content (AvgIpc) is 2.69. The SMILES string of the molecule is C/C=C/C(=O)OCOC(=O)C1=C(C)NC(C)=C(C(=O)OC)C1c1cccc(Cl)c1Cl. The minimum Gasteiger partial charge on any atom is -0.466 e. The van der Waals surface area contributed by atoms with Gasteiger partial charge in [0.2, 0.25) is 6.79 Å². The van der Waals surface area contributed by atoms with Crippen molar-refractivity contribution in [2.75, 3.05) is 13.9 Å². The number of carbonyl (C=O) groups excluding carboxylic acids is 3. The molecule has 0 amide bonds. The van der Waals surface area contributed by atoms with Gasteiger partial charge in [0.15, 0.2) is 0 Å². The molecule has 0 fully saturated rings. The summed E-state index contributed by atoms with van der Waals surface area (Å²) in [6.07, 6.45) is 2.69. The lowest BCUT2D eigenvalue weighted by molar-refractivity contribution is -0.161. The number of benzene rings is 1. The van der Waals surface area contributed by atoms with Gasteiger partial charge in [0.25, 0.3) is 0 Å². The molecule has 0 aliphatic carbocycles. The van der Waals surface area contributed by atoms with Crippen LogP contribution in [0.25, 0.3) is 0 Å². The zero-order chi connectivity index (χ0) is 22.4. The molecule has 0 bridgehead atoms. The van der Waals surface area contributed by atoms with Crippen molar-refractivity contribution in [3.8, 4) is 0 Å². The van der Waals surface area contributed by atoms with Gasteiger partial charge in [0.1, 0.15) is 0 Å². The Bertz CT molecular complexity index is 964. The zero-order valence-electron chi connectivity index (χ0n) is 16.9. The fourth-order valence-corrected chi connectivity index (χ4v) is 3.52. The Hall–Kier alpha value is -2.77. The first-order chi connectivity index (χ1) is 14.2. The number of methoxy groups -OCH3 is 1. The van der Waals surface area contributed by atoms with Crippen LogP contribution in [0.4, 0.5) is 0 Å². The molecule has 1 aliphatic rings. The van der Waals surface area contributed by atoms with Crippen LogP contribution in [0.2, 0.25) is 10.0 Å². The Labute approximate surface area is 184 Å². The molecule has 1 aliphatic heterocycles. The normalized spacial score (nSPS) is 16.4. The first-order valence-electron chi connectivity index (χ1n) is 8.90. The number of nitrogens with one attached hydrogen (secondary N) is 1. The topological polar surface area (TPSA) is 90.9 Å². The number of halogens is 2. The van der Waals surface area contributed by atoms with Gasteiger partial charge < -0.3 is 19.5 Å². The Morgan fingerprint density at radius 1 is 1.07 bits per heavy atom. The molecule has 1 atom stereocenters. The summed E-state index contributed by atoms with van der Waals surface area (Å²) in [6, 6.07) is 4.91. The lowest BCUT2D eigenvalue weighted by atomic mass is 9.80. The van der Waals surface area contributed by atoms with Crippen LogP contribution in [0, 0.1) is 0 Å². The summed E-state index contributed by atoms with van der Waals surface area (Å²) >= 11 is 12.6. The second kappa shape index (κ2) is 10.3. The highest BCUT2D eigenvalue weighted by Gasteiger charge is 2.39. The largest absolute Gasteiger partial charge is 0.466 e. The predicted molar refractivity (Wildman–Crippen MR) is 112 cm³/mol. The van der Waals surface area contributed by atoms with Crippen LogP contribution in [0.5, 0.6) is 0 Å². The van der Waals surface area contributed by atoms with Crippen molar-refractivity contribution in [3.63, 3.8) is 0 Å². The number of dihydropyridines is 1. The van der Waals surface area contributed by atoms with Gasteiger partial charge in [-0.25, -0.2) is 14.4 Å². The number of esters is 3. The van der Waals surface area contributed by atoms with E-state index in [1.165, 1.54) is 19.3 Å². The predicted octanol–water partition coefficient (Wildman–Crippen LogP) is 4.02. The number of hydrogen-bond acceptors (Lipinski definition) is 7. The smallest absolute Gasteiger partial charge is 0.339 e. The van der Waals surface area contributed by atoms with E-state index in [9.17, 15) is 14.4 Å². The van der Waals surface area contributed by atoms with Crippen LogP contribution >= 0.6 is 23.2 Å². The van der Waals surface area contributed by atoms with Crippen LogP contribution in [-0.4, -0.2) is 31.8 Å². The molecule has 1 heterocycles. The third-order valence-electron chi connectivity index (χ3n) is 4.37. The van der Waals surface area contributed by atoms with Crippen LogP contribution in [0.15, 0.2) is 52.9 Å². The maximum atomic E-state index is 12.9. The fraction of sp³-hybridized carbons (Fsp3) is 0.286. The van der Waals surface area contributed by atoms with Gasteiger partial charge in [-0.15, -0.1) is 0 Å². The van der Waals surface area contributed by atoms with E-state index < -0.39 is 30.6 Å². The third kappa shape index (κ3) is 5.04. The molecule has 1 unspecified atom stereocenters. The molecule has 2 rings (SSSR count). The first kappa shape index (κ1) is 23.5. The Balaban J connectivity index is 2.49. The molecule has 1 aromatic carbocycles. The molecule has 160 valence electrons. The standard InChI is InChI=1S/C21H21Cl2NO6/c1-5-7-15(25)29-10-30-21(27)17-12(3)24-11(2)16(20(26)28-4)18(17)13-8-6-9-14(22)19(13)23/h5-9,18,24H,10H2,1-4H3/b7-5+. The van der Waals surface area contributed by atoms with E-state index in [1.54, 1.807) is 39.0 Å². The Kier molecular flexibility index (Phi) is 8.08. The van der Waals surface area contributed by atoms with E-state index in [0.717, 1.165) is 0 Å². The Morgan fingerprint density at radius 2 is 1.70 bits per heavy atom.